The second-order valence-corrected chi connectivity index (χ2v) is 7.88. The smallest absolute Gasteiger partial charge is 0.0854 e. The van der Waals surface area contributed by atoms with Gasteiger partial charge in [-0.05, 0) is 78.3 Å². The lowest BCUT2D eigenvalue weighted by molar-refractivity contribution is 0.578. The van der Waals surface area contributed by atoms with Gasteiger partial charge in [0, 0.05) is 30.5 Å². The van der Waals surface area contributed by atoms with Gasteiger partial charge in [0.1, 0.15) is 0 Å². The number of hydrogen-bond acceptors (Lipinski definition) is 2. The molecule has 0 amide bonds. The summed E-state index contributed by atoms with van der Waals surface area (Å²) >= 11 is 0. The molecule has 0 spiro atoms. The summed E-state index contributed by atoms with van der Waals surface area (Å²) in [4.78, 5) is 5.73. The molecule has 5 rings (SSSR count). The monoisotopic (exact) mass is 394 g/mol. The minimum absolute atomic E-state index is 0.918. The first-order chi connectivity index (χ1) is 14.8. The van der Waals surface area contributed by atoms with E-state index in [0.717, 1.165) is 22.5 Å². The van der Waals surface area contributed by atoms with Gasteiger partial charge in [-0.15, -0.1) is 0 Å². The number of rotatable bonds is 5. The first-order valence-electron chi connectivity index (χ1n) is 10.7. The van der Waals surface area contributed by atoms with Crippen LogP contribution in [0.15, 0.2) is 60.8 Å². The zero-order chi connectivity index (χ0) is 20.2. The number of fused-ring (bicyclic) bond motifs is 1. The van der Waals surface area contributed by atoms with Crippen LogP contribution in [0.3, 0.4) is 0 Å². The van der Waals surface area contributed by atoms with E-state index in [9.17, 15) is 0 Å². The Bertz CT molecular complexity index is 1170. The molecule has 4 nitrogen and oxygen atoms in total. The first kappa shape index (κ1) is 18.5. The number of nitrogens with one attached hydrogen (secondary N) is 2. The first-order valence-corrected chi connectivity index (χ1v) is 10.7. The van der Waals surface area contributed by atoms with Gasteiger partial charge in [-0.1, -0.05) is 36.4 Å². The molecule has 1 fully saturated rings. The van der Waals surface area contributed by atoms with Crippen LogP contribution >= 0.6 is 0 Å². The Balaban J connectivity index is 1.23. The van der Waals surface area contributed by atoms with Crippen molar-refractivity contribution in [2.45, 2.75) is 19.3 Å². The van der Waals surface area contributed by atoms with E-state index in [0.29, 0.717) is 0 Å². The zero-order valence-corrected chi connectivity index (χ0v) is 17.0. The lowest BCUT2D eigenvalue weighted by atomic mass is 10.1. The minimum Gasteiger partial charge on any atom is -0.372 e. The fourth-order valence-corrected chi connectivity index (χ4v) is 4.01. The summed E-state index contributed by atoms with van der Waals surface area (Å²) < 4.78 is 0. The SMILES string of the molecule is C(=Cc1cc(C=Cc2ccc3cc[nH]c3c2)n[nH]1)c1ccc(N2CCCCC2)cc1. The molecule has 4 heteroatoms. The molecule has 0 unspecified atom stereocenters. The van der Waals surface area contributed by atoms with E-state index in [1.807, 2.05) is 12.3 Å². The summed E-state index contributed by atoms with van der Waals surface area (Å²) in [5, 5.41) is 8.72. The molecule has 0 saturated carbocycles. The van der Waals surface area contributed by atoms with Gasteiger partial charge in [-0.3, -0.25) is 5.10 Å². The van der Waals surface area contributed by atoms with Crippen LogP contribution < -0.4 is 4.90 Å². The molecule has 2 aromatic heterocycles. The Morgan fingerprint density at radius 3 is 2.43 bits per heavy atom. The van der Waals surface area contributed by atoms with Crippen LogP contribution in [0, 0.1) is 0 Å². The molecule has 0 atom stereocenters. The number of nitrogens with zero attached hydrogens (tertiary/aromatic N) is 2. The maximum absolute atomic E-state index is 4.39. The Hall–Kier alpha value is -3.53. The molecule has 150 valence electrons. The highest BCUT2D eigenvalue weighted by Gasteiger charge is 2.10. The van der Waals surface area contributed by atoms with Crippen molar-refractivity contribution in [2.24, 2.45) is 0 Å². The van der Waals surface area contributed by atoms with Crippen molar-refractivity contribution >= 4 is 40.9 Å². The summed E-state index contributed by atoms with van der Waals surface area (Å²) in [5.41, 5.74) is 6.74. The van der Waals surface area contributed by atoms with Crippen LogP contribution in [0.2, 0.25) is 0 Å². The number of anilines is 1. The van der Waals surface area contributed by atoms with E-state index in [2.05, 4.69) is 92.9 Å². The fourth-order valence-electron chi connectivity index (χ4n) is 4.01. The molecule has 0 radical (unpaired) electrons. The molecule has 3 heterocycles. The van der Waals surface area contributed by atoms with Gasteiger partial charge in [0.05, 0.1) is 11.4 Å². The van der Waals surface area contributed by atoms with Crippen LogP contribution in [0.1, 0.15) is 41.8 Å². The summed E-state index contributed by atoms with van der Waals surface area (Å²) in [6.07, 6.45) is 14.3. The molecule has 1 aliphatic heterocycles. The third-order valence-corrected chi connectivity index (χ3v) is 5.71. The molecular weight excluding hydrogens is 368 g/mol. The zero-order valence-electron chi connectivity index (χ0n) is 17.0. The van der Waals surface area contributed by atoms with E-state index >= 15 is 0 Å². The van der Waals surface area contributed by atoms with Crippen molar-refractivity contribution < 1.29 is 0 Å². The molecule has 2 aromatic carbocycles. The fraction of sp³-hybridized carbons (Fsp3) is 0.192. The maximum atomic E-state index is 4.39. The quantitative estimate of drug-likeness (QED) is 0.422. The van der Waals surface area contributed by atoms with Crippen LogP contribution in [0.4, 0.5) is 5.69 Å². The lowest BCUT2D eigenvalue weighted by Gasteiger charge is -2.28. The standard InChI is InChI=1S/C26H26N4/c1-2-16-30(17-3-1)25-12-7-20(8-13-25)5-10-23-19-24(29-28-23)11-6-21-4-9-22-14-15-27-26(22)18-21/h4-15,18-19,27H,1-3,16-17H2,(H,28,29). The van der Waals surface area contributed by atoms with Crippen LogP contribution in [0.5, 0.6) is 0 Å². The van der Waals surface area contributed by atoms with E-state index < -0.39 is 0 Å². The molecule has 1 saturated heterocycles. The van der Waals surface area contributed by atoms with Gasteiger partial charge in [0.15, 0.2) is 0 Å². The normalized spacial score (nSPS) is 15.0. The Labute approximate surface area is 176 Å². The van der Waals surface area contributed by atoms with Crippen molar-refractivity contribution in [1.29, 1.82) is 0 Å². The van der Waals surface area contributed by atoms with Gasteiger partial charge in [-0.2, -0.15) is 5.10 Å². The van der Waals surface area contributed by atoms with Crippen molar-refractivity contribution in [3.63, 3.8) is 0 Å². The lowest BCUT2D eigenvalue weighted by Crippen LogP contribution is -2.29. The van der Waals surface area contributed by atoms with Crippen molar-refractivity contribution in [1.82, 2.24) is 15.2 Å². The van der Waals surface area contributed by atoms with Gasteiger partial charge in [-0.25, -0.2) is 0 Å². The van der Waals surface area contributed by atoms with E-state index in [1.165, 1.54) is 49.0 Å². The van der Waals surface area contributed by atoms with Gasteiger partial charge in [0.25, 0.3) is 0 Å². The highest BCUT2D eigenvalue weighted by Crippen LogP contribution is 2.21. The topological polar surface area (TPSA) is 47.7 Å². The molecule has 4 aromatic rings. The molecule has 0 bridgehead atoms. The van der Waals surface area contributed by atoms with Crippen molar-refractivity contribution in [3.8, 4) is 0 Å². The largest absolute Gasteiger partial charge is 0.372 e. The van der Waals surface area contributed by atoms with Crippen LogP contribution in [0.25, 0.3) is 35.2 Å². The number of H-pyrrole nitrogens is 2. The molecule has 2 N–H and O–H groups in total. The summed E-state index contributed by atoms with van der Waals surface area (Å²) in [7, 11) is 0. The summed E-state index contributed by atoms with van der Waals surface area (Å²) in [6.45, 7) is 2.36. The predicted octanol–water partition coefficient (Wildman–Crippen LogP) is 6.22. The molecule has 1 aliphatic rings. The second-order valence-electron chi connectivity index (χ2n) is 7.88. The highest BCUT2D eigenvalue weighted by atomic mass is 15.1. The average Bonchev–Trinajstić information content (AvgIpc) is 3.46. The molecule has 0 aliphatic carbocycles. The van der Waals surface area contributed by atoms with Gasteiger partial charge >= 0.3 is 0 Å². The number of hydrogen-bond donors (Lipinski definition) is 2. The number of aromatic nitrogens is 3. The highest BCUT2D eigenvalue weighted by molar-refractivity contribution is 5.83. The Morgan fingerprint density at radius 1 is 0.767 bits per heavy atom. The van der Waals surface area contributed by atoms with E-state index in [1.54, 1.807) is 0 Å². The molecular formula is C26H26N4. The van der Waals surface area contributed by atoms with E-state index in [-0.39, 0.29) is 0 Å². The van der Waals surface area contributed by atoms with Crippen molar-refractivity contribution in [2.75, 3.05) is 18.0 Å². The van der Waals surface area contributed by atoms with Gasteiger partial charge in [0.2, 0.25) is 0 Å². The third kappa shape index (κ3) is 4.23. The molecule has 30 heavy (non-hydrogen) atoms. The predicted molar refractivity (Wildman–Crippen MR) is 127 cm³/mol. The minimum atomic E-state index is 0.918. The van der Waals surface area contributed by atoms with E-state index in [4.69, 9.17) is 0 Å². The summed E-state index contributed by atoms with van der Waals surface area (Å²) in [5.74, 6) is 0. The van der Waals surface area contributed by atoms with Crippen molar-refractivity contribution in [3.05, 3.63) is 83.3 Å². The second kappa shape index (κ2) is 8.46. The van der Waals surface area contributed by atoms with Crippen LogP contribution in [-0.2, 0) is 0 Å². The maximum Gasteiger partial charge on any atom is 0.0854 e. The van der Waals surface area contributed by atoms with Crippen LogP contribution in [-0.4, -0.2) is 28.3 Å². The number of piperidine rings is 1. The third-order valence-electron chi connectivity index (χ3n) is 5.71. The number of benzene rings is 2. The summed E-state index contributed by atoms with van der Waals surface area (Å²) in [6, 6.07) is 19.4. The average molecular weight is 395 g/mol. The Morgan fingerprint density at radius 2 is 1.57 bits per heavy atom. The Kier molecular flexibility index (Phi) is 5.21. The van der Waals surface area contributed by atoms with Gasteiger partial charge < -0.3 is 9.88 Å². The number of aromatic amines is 2.